The fourth-order valence-corrected chi connectivity index (χ4v) is 0.583. The number of nitriles is 1. The molecular formula is C6H6N4O2. The molecule has 1 aromatic heterocycles. The largest absolute Gasteiger partial charge is 0.328 e. The molecule has 0 radical (unpaired) electrons. The van der Waals surface area contributed by atoms with Crippen LogP contribution < -0.4 is 5.32 Å². The Morgan fingerprint density at radius 3 is 3.08 bits per heavy atom. The maximum Gasteiger partial charge on any atom is 0.328 e. The van der Waals surface area contributed by atoms with Gasteiger partial charge in [0, 0.05) is 0 Å². The van der Waals surface area contributed by atoms with Crippen LogP contribution in [0.4, 0.5) is 6.01 Å². The van der Waals surface area contributed by atoms with E-state index in [9.17, 15) is 4.79 Å². The molecule has 0 saturated carbocycles. The smallest absolute Gasteiger partial charge is 0.315 e. The molecule has 1 amide bonds. The standard InChI is InChI=1S/C6H6N4O2/c1-4-8-6(12-10-4)9-5(11)2-3-7/h2H2,1H3,(H,8,9,10,11). The average molecular weight is 166 g/mol. The highest BCUT2D eigenvalue weighted by atomic mass is 16.5. The van der Waals surface area contributed by atoms with E-state index in [1.54, 1.807) is 13.0 Å². The number of aryl methyl sites for hydroxylation is 1. The summed E-state index contributed by atoms with van der Waals surface area (Å²) in [6, 6.07) is 1.71. The fraction of sp³-hybridized carbons (Fsp3) is 0.333. The SMILES string of the molecule is Cc1noc(NC(=O)CC#N)n1. The van der Waals surface area contributed by atoms with E-state index in [2.05, 4.69) is 20.0 Å². The predicted molar refractivity (Wildman–Crippen MR) is 37.9 cm³/mol. The van der Waals surface area contributed by atoms with Crippen LogP contribution in [0, 0.1) is 18.3 Å². The quantitative estimate of drug-likeness (QED) is 0.678. The van der Waals surface area contributed by atoms with E-state index < -0.39 is 5.91 Å². The summed E-state index contributed by atoms with van der Waals surface area (Å²) in [6.45, 7) is 1.63. The van der Waals surface area contributed by atoms with E-state index in [4.69, 9.17) is 5.26 Å². The highest BCUT2D eigenvalue weighted by Gasteiger charge is 2.06. The molecule has 0 spiro atoms. The molecule has 0 aliphatic carbocycles. The van der Waals surface area contributed by atoms with Gasteiger partial charge in [0.15, 0.2) is 5.82 Å². The molecule has 6 heteroatoms. The molecule has 0 atom stereocenters. The summed E-state index contributed by atoms with van der Waals surface area (Å²) in [4.78, 5) is 14.5. The predicted octanol–water partition coefficient (Wildman–Crippen LogP) is 0.230. The molecule has 0 bridgehead atoms. The van der Waals surface area contributed by atoms with E-state index in [1.165, 1.54) is 0 Å². The van der Waals surface area contributed by atoms with Crippen molar-refractivity contribution in [3.8, 4) is 6.07 Å². The van der Waals surface area contributed by atoms with Crippen LogP contribution in [0.3, 0.4) is 0 Å². The number of carbonyl (C=O) groups excluding carboxylic acids is 1. The normalized spacial score (nSPS) is 9.00. The highest BCUT2D eigenvalue weighted by molar-refractivity contribution is 5.89. The number of nitrogens with one attached hydrogen (secondary N) is 1. The van der Waals surface area contributed by atoms with Gasteiger partial charge in [-0.2, -0.15) is 10.2 Å². The summed E-state index contributed by atoms with van der Waals surface area (Å²) in [6.07, 6.45) is -0.221. The van der Waals surface area contributed by atoms with Crippen molar-refractivity contribution in [3.63, 3.8) is 0 Å². The molecule has 62 valence electrons. The molecule has 1 heterocycles. The minimum atomic E-state index is -0.457. The summed E-state index contributed by atoms with van der Waals surface area (Å²) in [5.74, 6) is -0.0246. The Kier molecular flexibility index (Phi) is 2.38. The molecule has 0 aliphatic heterocycles. The molecule has 0 aliphatic rings. The van der Waals surface area contributed by atoms with E-state index >= 15 is 0 Å². The molecule has 1 rings (SSSR count). The Balaban J connectivity index is 2.53. The van der Waals surface area contributed by atoms with Gasteiger partial charge < -0.3 is 4.52 Å². The van der Waals surface area contributed by atoms with Crippen LogP contribution in [0.5, 0.6) is 0 Å². The second kappa shape index (κ2) is 3.48. The Hall–Kier alpha value is -1.90. The zero-order valence-corrected chi connectivity index (χ0v) is 6.37. The summed E-state index contributed by atoms with van der Waals surface area (Å²) in [7, 11) is 0. The van der Waals surface area contributed by atoms with Crippen molar-refractivity contribution in [1.82, 2.24) is 10.1 Å². The second-order valence-corrected chi connectivity index (χ2v) is 2.03. The van der Waals surface area contributed by atoms with Gasteiger partial charge in [-0.15, -0.1) is 0 Å². The van der Waals surface area contributed by atoms with Gasteiger partial charge in [0.1, 0.15) is 6.42 Å². The molecule has 12 heavy (non-hydrogen) atoms. The first-order chi connectivity index (χ1) is 5.72. The molecule has 1 N–H and O–H groups in total. The lowest BCUT2D eigenvalue weighted by Crippen LogP contribution is -2.10. The van der Waals surface area contributed by atoms with Crippen LogP contribution >= 0.6 is 0 Å². The average Bonchev–Trinajstić information content (AvgIpc) is 2.36. The molecule has 1 aromatic rings. The third-order valence-corrected chi connectivity index (χ3v) is 1.01. The first-order valence-corrected chi connectivity index (χ1v) is 3.19. The molecule has 0 aromatic carbocycles. The van der Waals surface area contributed by atoms with Gasteiger partial charge in [0.25, 0.3) is 0 Å². The number of hydrogen-bond donors (Lipinski definition) is 1. The maximum absolute atomic E-state index is 10.8. The summed E-state index contributed by atoms with van der Waals surface area (Å²) in [5, 5.41) is 13.9. The summed E-state index contributed by atoms with van der Waals surface area (Å²) >= 11 is 0. The minimum Gasteiger partial charge on any atom is -0.315 e. The van der Waals surface area contributed by atoms with Crippen molar-refractivity contribution in [2.75, 3.05) is 5.32 Å². The van der Waals surface area contributed by atoms with Gasteiger partial charge in [-0.25, -0.2) is 0 Å². The monoisotopic (exact) mass is 166 g/mol. The zero-order valence-electron chi connectivity index (χ0n) is 6.37. The number of carbonyl (C=O) groups is 1. The first kappa shape index (κ1) is 8.20. The van der Waals surface area contributed by atoms with Crippen molar-refractivity contribution in [2.45, 2.75) is 13.3 Å². The minimum absolute atomic E-state index is 0.0211. The number of rotatable bonds is 2. The highest BCUT2D eigenvalue weighted by Crippen LogP contribution is 2.01. The van der Waals surface area contributed by atoms with Crippen molar-refractivity contribution in [3.05, 3.63) is 5.82 Å². The molecule has 0 unspecified atom stereocenters. The first-order valence-electron chi connectivity index (χ1n) is 3.19. The Morgan fingerprint density at radius 1 is 1.83 bits per heavy atom. The lowest BCUT2D eigenvalue weighted by atomic mass is 10.4. The topological polar surface area (TPSA) is 91.8 Å². The van der Waals surface area contributed by atoms with Crippen LogP contribution in [-0.4, -0.2) is 16.0 Å². The van der Waals surface area contributed by atoms with E-state index in [1.807, 2.05) is 0 Å². The van der Waals surface area contributed by atoms with Crippen LogP contribution in [0.1, 0.15) is 12.2 Å². The van der Waals surface area contributed by atoms with Crippen LogP contribution in [0.25, 0.3) is 0 Å². The third-order valence-electron chi connectivity index (χ3n) is 1.01. The summed E-state index contributed by atoms with van der Waals surface area (Å²) < 4.78 is 4.58. The van der Waals surface area contributed by atoms with Crippen molar-refractivity contribution < 1.29 is 9.32 Å². The molecule has 0 fully saturated rings. The number of anilines is 1. The van der Waals surface area contributed by atoms with E-state index in [0.717, 1.165) is 0 Å². The number of aromatic nitrogens is 2. The van der Waals surface area contributed by atoms with Crippen molar-refractivity contribution >= 4 is 11.9 Å². The van der Waals surface area contributed by atoms with Crippen LogP contribution in [-0.2, 0) is 4.79 Å². The molecule has 0 saturated heterocycles. The number of hydrogen-bond acceptors (Lipinski definition) is 5. The van der Waals surface area contributed by atoms with E-state index in [-0.39, 0.29) is 12.4 Å². The Morgan fingerprint density at radius 2 is 2.58 bits per heavy atom. The van der Waals surface area contributed by atoms with Crippen LogP contribution in [0.2, 0.25) is 0 Å². The van der Waals surface area contributed by atoms with Gasteiger partial charge >= 0.3 is 6.01 Å². The van der Waals surface area contributed by atoms with Gasteiger partial charge in [-0.3, -0.25) is 10.1 Å². The zero-order chi connectivity index (χ0) is 8.97. The lowest BCUT2D eigenvalue weighted by Gasteiger charge is -1.91. The van der Waals surface area contributed by atoms with Crippen molar-refractivity contribution in [2.24, 2.45) is 0 Å². The Labute approximate surface area is 68.2 Å². The Bertz CT molecular complexity index is 325. The van der Waals surface area contributed by atoms with Gasteiger partial charge in [-0.05, 0) is 6.92 Å². The number of amides is 1. The summed E-state index contributed by atoms with van der Waals surface area (Å²) in [5.41, 5.74) is 0. The molecular weight excluding hydrogens is 160 g/mol. The van der Waals surface area contributed by atoms with Gasteiger partial charge in [0.05, 0.1) is 6.07 Å². The lowest BCUT2D eigenvalue weighted by molar-refractivity contribution is -0.115. The fourth-order valence-electron chi connectivity index (χ4n) is 0.583. The van der Waals surface area contributed by atoms with E-state index in [0.29, 0.717) is 5.82 Å². The molecule has 6 nitrogen and oxygen atoms in total. The second-order valence-electron chi connectivity index (χ2n) is 2.03. The maximum atomic E-state index is 10.8. The third kappa shape index (κ3) is 2.05. The van der Waals surface area contributed by atoms with Gasteiger partial charge in [0.2, 0.25) is 5.91 Å². The van der Waals surface area contributed by atoms with Crippen LogP contribution in [0.15, 0.2) is 4.52 Å². The van der Waals surface area contributed by atoms with Crippen molar-refractivity contribution in [1.29, 1.82) is 5.26 Å². The number of nitrogens with zero attached hydrogens (tertiary/aromatic N) is 3. The van der Waals surface area contributed by atoms with Gasteiger partial charge in [-0.1, -0.05) is 5.16 Å².